The van der Waals surface area contributed by atoms with Gasteiger partial charge in [-0.05, 0) is 30.7 Å². The molecule has 0 fully saturated rings. The Morgan fingerprint density at radius 2 is 2.10 bits per heavy atom. The molecule has 0 spiro atoms. The topological polar surface area (TPSA) is 60.2 Å². The first-order valence-electron chi connectivity index (χ1n) is 6.33. The molecule has 3 rings (SSSR count). The SMILES string of the molecule is COc1cc(Cl)c(C)cc1Nc1ccc2scnc2c1N. The van der Waals surface area contributed by atoms with Gasteiger partial charge in [0.25, 0.3) is 0 Å². The van der Waals surface area contributed by atoms with Gasteiger partial charge in [-0.15, -0.1) is 11.3 Å². The van der Waals surface area contributed by atoms with Crippen LogP contribution in [0.15, 0.2) is 29.8 Å². The van der Waals surface area contributed by atoms with Gasteiger partial charge in [0.2, 0.25) is 0 Å². The van der Waals surface area contributed by atoms with Gasteiger partial charge in [-0.1, -0.05) is 11.6 Å². The number of anilines is 3. The minimum absolute atomic E-state index is 0.628. The summed E-state index contributed by atoms with van der Waals surface area (Å²) < 4.78 is 6.43. The fourth-order valence-corrected chi connectivity index (χ4v) is 2.98. The Kier molecular flexibility index (Phi) is 3.61. The van der Waals surface area contributed by atoms with Crippen LogP contribution in [-0.4, -0.2) is 12.1 Å². The summed E-state index contributed by atoms with van der Waals surface area (Å²) in [5.41, 5.74) is 12.0. The molecule has 2 aromatic carbocycles. The number of nitrogens with one attached hydrogen (secondary N) is 1. The molecule has 3 N–H and O–H groups in total. The third kappa shape index (κ3) is 2.50. The summed E-state index contributed by atoms with van der Waals surface area (Å²) in [5.74, 6) is 0.670. The highest BCUT2D eigenvalue weighted by molar-refractivity contribution is 7.16. The number of nitrogens with zero attached hydrogens (tertiary/aromatic N) is 1. The molecule has 0 aliphatic carbocycles. The number of ether oxygens (including phenoxy) is 1. The molecule has 6 heteroatoms. The number of aromatic nitrogens is 1. The zero-order chi connectivity index (χ0) is 15.0. The van der Waals surface area contributed by atoms with Crippen molar-refractivity contribution in [1.29, 1.82) is 0 Å². The van der Waals surface area contributed by atoms with Crippen molar-refractivity contribution >= 4 is 50.2 Å². The van der Waals surface area contributed by atoms with Crippen LogP contribution in [-0.2, 0) is 0 Å². The second-order valence-corrected chi connectivity index (χ2v) is 5.95. The van der Waals surface area contributed by atoms with E-state index in [0.29, 0.717) is 16.5 Å². The van der Waals surface area contributed by atoms with Crippen LogP contribution in [0, 0.1) is 6.92 Å². The molecule has 3 aromatic rings. The number of aryl methyl sites for hydroxylation is 1. The highest BCUT2D eigenvalue weighted by atomic mass is 35.5. The van der Waals surface area contributed by atoms with Gasteiger partial charge in [-0.25, -0.2) is 4.98 Å². The van der Waals surface area contributed by atoms with E-state index < -0.39 is 0 Å². The Bertz CT molecular complexity index is 816. The fourth-order valence-electron chi connectivity index (χ4n) is 2.14. The fraction of sp³-hybridized carbons (Fsp3) is 0.133. The van der Waals surface area contributed by atoms with E-state index in [0.717, 1.165) is 27.2 Å². The average molecular weight is 320 g/mol. The van der Waals surface area contributed by atoms with E-state index in [1.54, 1.807) is 30.0 Å². The number of fused-ring (bicyclic) bond motifs is 1. The van der Waals surface area contributed by atoms with Gasteiger partial charge in [-0.3, -0.25) is 0 Å². The summed E-state index contributed by atoms with van der Waals surface area (Å²) in [4.78, 5) is 4.30. The van der Waals surface area contributed by atoms with Gasteiger partial charge in [0.1, 0.15) is 11.3 Å². The van der Waals surface area contributed by atoms with Crippen molar-refractivity contribution in [3.8, 4) is 5.75 Å². The van der Waals surface area contributed by atoms with Crippen molar-refractivity contribution in [2.75, 3.05) is 18.2 Å². The molecule has 21 heavy (non-hydrogen) atoms. The maximum Gasteiger partial charge on any atom is 0.143 e. The van der Waals surface area contributed by atoms with Crippen molar-refractivity contribution in [2.24, 2.45) is 0 Å². The largest absolute Gasteiger partial charge is 0.495 e. The summed E-state index contributed by atoms with van der Waals surface area (Å²) in [6.45, 7) is 1.94. The standard InChI is InChI=1S/C15H14ClN3OS/c1-8-5-11(12(20-2)6-9(8)16)19-10-3-4-13-15(14(10)17)18-7-21-13/h3-7,19H,17H2,1-2H3. The number of halogens is 1. The van der Waals surface area contributed by atoms with Crippen molar-refractivity contribution in [2.45, 2.75) is 6.92 Å². The maximum absolute atomic E-state index is 6.19. The summed E-state index contributed by atoms with van der Waals surface area (Å²) >= 11 is 7.69. The Hall–Kier alpha value is -1.98. The van der Waals surface area contributed by atoms with Crippen molar-refractivity contribution in [3.05, 3.63) is 40.4 Å². The molecular formula is C15H14ClN3OS. The Labute approximate surface area is 131 Å². The number of benzene rings is 2. The molecule has 0 bridgehead atoms. The van der Waals surface area contributed by atoms with Crippen LogP contribution < -0.4 is 15.8 Å². The number of hydrogen-bond donors (Lipinski definition) is 2. The third-order valence-corrected chi connectivity index (χ3v) is 4.49. The molecule has 0 atom stereocenters. The lowest BCUT2D eigenvalue weighted by Crippen LogP contribution is -1.99. The summed E-state index contributed by atoms with van der Waals surface area (Å²) in [5, 5.41) is 3.96. The lowest BCUT2D eigenvalue weighted by molar-refractivity contribution is 0.417. The van der Waals surface area contributed by atoms with Crippen LogP contribution in [0.1, 0.15) is 5.56 Å². The quantitative estimate of drug-likeness (QED) is 0.693. The maximum atomic E-state index is 6.19. The molecular weight excluding hydrogens is 306 g/mol. The second-order valence-electron chi connectivity index (χ2n) is 4.65. The Balaban J connectivity index is 2.06. The summed E-state index contributed by atoms with van der Waals surface area (Å²) in [6.07, 6.45) is 0. The average Bonchev–Trinajstić information content (AvgIpc) is 2.94. The molecule has 0 aliphatic heterocycles. The van der Waals surface area contributed by atoms with E-state index in [2.05, 4.69) is 10.3 Å². The van der Waals surface area contributed by atoms with E-state index >= 15 is 0 Å². The number of thiazole rings is 1. The number of rotatable bonds is 3. The first-order valence-corrected chi connectivity index (χ1v) is 7.58. The lowest BCUT2D eigenvalue weighted by atomic mass is 10.2. The number of nitrogens with two attached hydrogens (primary N) is 1. The van der Waals surface area contributed by atoms with Crippen LogP contribution in [0.5, 0.6) is 5.75 Å². The van der Waals surface area contributed by atoms with Gasteiger partial charge < -0.3 is 15.8 Å². The van der Waals surface area contributed by atoms with Crippen LogP contribution in [0.2, 0.25) is 5.02 Å². The first kappa shape index (κ1) is 14.0. The summed E-state index contributed by atoms with van der Waals surface area (Å²) in [7, 11) is 1.61. The predicted molar refractivity (Wildman–Crippen MR) is 90.1 cm³/mol. The van der Waals surface area contributed by atoms with E-state index in [-0.39, 0.29) is 0 Å². The minimum Gasteiger partial charge on any atom is -0.495 e. The molecule has 1 heterocycles. The van der Waals surface area contributed by atoms with Gasteiger partial charge in [0.15, 0.2) is 0 Å². The van der Waals surface area contributed by atoms with E-state index in [4.69, 9.17) is 22.1 Å². The van der Waals surface area contributed by atoms with Crippen LogP contribution >= 0.6 is 22.9 Å². The molecule has 0 aliphatic rings. The molecule has 0 saturated heterocycles. The van der Waals surface area contributed by atoms with Crippen molar-refractivity contribution < 1.29 is 4.74 Å². The van der Waals surface area contributed by atoms with Crippen LogP contribution in [0.4, 0.5) is 17.1 Å². The van der Waals surface area contributed by atoms with Crippen LogP contribution in [0.3, 0.4) is 0 Å². The molecule has 0 amide bonds. The molecule has 108 valence electrons. The monoisotopic (exact) mass is 319 g/mol. The number of hydrogen-bond acceptors (Lipinski definition) is 5. The van der Waals surface area contributed by atoms with E-state index in [1.807, 2.05) is 25.1 Å². The van der Waals surface area contributed by atoms with Gasteiger partial charge in [0.05, 0.1) is 34.4 Å². The molecule has 0 unspecified atom stereocenters. The zero-order valence-corrected chi connectivity index (χ0v) is 13.2. The Morgan fingerprint density at radius 3 is 2.86 bits per heavy atom. The van der Waals surface area contributed by atoms with Gasteiger partial charge in [-0.2, -0.15) is 0 Å². The number of nitrogen functional groups attached to an aromatic ring is 1. The molecule has 0 saturated carbocycles. The van der Waals surface area contributed by atoms with Crippen LogP contribution in [0.25, 0.3) is 10.2 Å². The predicted octanol–water partition coefficient (Wildman–Crippen LogP) is 4.59. The molecule has 1 aromatic heterocycles. The normalized spacial score (nSPS) is 10.8. The van der Waals surface area contributed by atoms with E-state index in [1.165, 1.54) is 0 Å². The second kappa shape index (κ2) is 5.42. The molecule has 4 nitrogen and oxygen atoms in total. The lowest BCUT2D eigenvalue weighted by Gasteiger charge is -2.14. The highest BCUT2D eigenvalue weighted by Crippen LogP contribution is 2.36. The number of methoxy groups -OCH3 is 1. The van der Waals surface area contributed by atoms with Crippen molar-refractivity contribution in [1.82, 2.24) is 4.98 Å². The minimum atomic E-state index is 0.628. The van der Waals surface area contributed by atoms with Gasteiger partial charge >= 0.3 is 0 Å². The summed E-state index contributed by atoms with van der Waals surface area (Å²) in [6, 6.07) is 7.67. The smallest absolute Gasteiger partial charge is 0.143 e. The molecule has 0 radical (unpaired) electrons. The third-order valence-electron chi connectivity index (χ3n) is 3.29. The Morgan fingerprint density at radius 1 is 1.29 bits per heavy atom. The van der Waals surface area contributed by atoms with Gasteiger partial charge in [0, 0.05) is 11.1 Å². The highest BCUT2D eigenvalue weighted by Gasteiger charge is 2.11. The van der Waals surface area contributed by atoms with Crippen molar-refractivity contribution in [3.63, 3.8) is 0 Å². The zero-order valence-electron chi connectivity index (χ0n) is 11.6. The van der Waals surface area contributed by atoms with E-state index in [9.17, 15) is 0 Å². The first-order chi connectivity index (χ1) is 10.1.